The van der Waals surface area contributed by atoms with Crippen LogP contribution < -0.4 is 11.1 Å². The Morgan fingerprint density at radius 3 is 2.57 bits per heavy atom. The van der Waals surface area contributed by atoms with E-state index in [1.54, 1.807) is 0 Å². The van der Waals surface area contributed by atoms with Gasteiger partial charge in [0.15, 0.2) is 0 Å². The predicted molar refractivity (Wildman–Crippen MR) is 70.3 cm³/mol. The average molecular weight is 331 g/mol. The van der Waals surface area contributed by atoms with Crippen molar-refractivity contribution >= 4 is 18.3 Å². The van der Waals surface area contributed by atoms with Gasteiger partial charge in [0.25, 0.3) is 0 Å². The molecule has 21 heavy (non-hydrogen) atoms. The van der Waals surface area contributed by atoms with Crippen LogP contribution in [0.25, 0.3) is 0 Å². The van der Waals surface area contributed by atoms with E-state index in [4.69, 9.17) is 5.73 Å². The molecule has 9 heteroatoms. The van der Waals surface area contributed by atoms with Crippen LogP contribution in [0.5, 0.6) is 0 Å². The fourth-order valence-electron chi connectivity index (χ4n) is 1.54. The Morgan fingerprint density at radius 2 is 2.05 bits per heavy atom. The summed E-state index contributed by atoms with van der Waals surface area (Å²) in [6, 6.07) is 1.28. The van der Waals surface area contributed by atoms with E-state index in [0.29, 0.717) is 6.07 Å². The van der Waals surface area contributed by atoms with Crippen LogP contribution in [0, 0.1) is 5.82 Å². The lowest BCUT2D eigenvalue weighted by Crippen LogP contribution is -2.43. The van der Waals surface area contributed by atoms with Crippen LogP contribution in [0.4, 0.5) is 17.6 Å². The van der Waals surface area contributed by atoms with Crippen LogP contribution in [-0.2, 0) is 22.3 Å². The average Bonchev–Trinajstić information content (AvgIpc) is 2.36. The van der Waals surface area contributed by atoms with Crippen molar-refractivity contribution in [3.8, 4) is 0 Å². The number of amides is 1. The number of hydrogen-bond donors (Lipinski definition) is 2. The fraction of sp³-hybridized carbons (Fsp3) is 0.417. The Bertz CT molecular complexity index is 483. The molecule has 1 unspecified atom stereocenters. The molecule has 0 fully saturated rings. The number of halogens is 5. The molecule has 1 rings (SSSR count). The van der Waals surface area contributed by atoms with Gasteiger partial charge in [-0.2, -0.15) is 13.2 Å². The first-order valence-corrected chi connectivity index (χ1v) is 5.63. The normalized spacial score (nSPS) is 12.5. The number of rotatable bonds is 5. The smallest absolute Gasteiger partial charge is 0.383 e. The summed E-state index contributed by atoms with van der Waals surface area (Å²) in [5.74, 6) is -1.65. The summed E-state index contributed by atoms with van der Waals surface area (Å²) in [6.45, 7) is -0.452. The highest BCUT2D eigenvalue weighted by Crippen LogP contribution is 2.32. The topological polar surface area (TPSA) is 64.3 Å². The molecular formula is C12H15ClF4N2O2. The van der Waals surface area contributed by atoms with Crippen molar-refractivity contribution in [1.29, 1.82) is 0 Å². The molecule has 0 aliphatic heterocycles. The number of carbonyl (C=O) groups excluding carboxylic acids is 1. The number of methoxy groups -OCH3 is 1. The lowest BCUT2D eigenvalue weighted by Gasteiger charge is -2.15. The SMILES string of the molecule is COCC(N)C(=O)NCc1ccc(F)cc1C(F)(F)F.Cl. The monoisotopic (exact) mass is 330 g/mol. The lowest BCUT2D eigenvalue weighted by atomic mass is 10.1. The standard InChI is InChI=1S/C12H14F4N2O2.ClH/c1-20-6-10(17)11(19)18-5-7-2-3-8(13)4-9(7)12(14,15)16;/h2-4,10H,5-6,17H2,1H3,(H,18,19);1H. The second-order valence-corrected chi connectivity index (χ2v) is 4.08. The summed E-state index contributed by atoms with van der Waals surface area (Å²) in [5, 5.41) is 2.25. The third kappa shape index (κ3) is 5.86. The maximum absolute atomic E-state index is 12.9. The molecule has 0 heterocycles. The second-order valence-electron chi connectivity index (χ2n) is 4.08. The van der Waals surface area contributed by atoms with E-state index in [2.05, 4.69) is 10.1 Å². The highest BCUT2D eigenvalue weighted by atomic mass is 35.5. The van der Waals surface area contributed by atoms with E-state index in [1.165, 1.54) is 7.11 Å². The summed E-state index contributed by atoms with van der Waals surface area (Å²) >= 11 is 0. The van der Waals surface area contributed by atoms with Crippen molar-refractivity contribution in [2.75, 3.05) is 13.7 Å². The van der Waals surface area contributed by atoms with E-state index in [9.17, 15) is 22.4 Å². The van der Waals surface area contributed by atoms with Crippen LogP contribution in [0.3, 0.4) is 0 Å². The van der Waals surface area contributed by atoms with Gasteiger partial charge in [-0.05, 0) is 17.7 Å². The first-order valence-electron chi connectivity index (χ1n) is 5.63. The number of alkyl halides is 3. The van der Waals surface area contributed by atoms with Gasteiger partial charge in [0.1, 0.15) is 11.9 Å². The van der Waals surface area contributed by atoms with E-state index in [1.807, 2.05) is 0 Å². The van der Waals surface area contributed by atoms with Gasteiger partial charge in [0, 0.05) is 13.7 Å². The summed E-state index contributed by atoms with van der Waals surface area (Å²) in [4.78, 5) is 11.5. The van der Waals surface area contributed by atoms with Crippen molar-refractivity contribution < 1.29 is 27.1 Å². The number of nitrogens with one attached hydrogen (secondary N) is 1. The highest BCUT2D eigenvalue weighted by Gasteiger charge is 2.33. The number of benzene rings is 1. The maximum Gasteiger partial charge on any atom is 0.416 e. The molecule has 0 saturated heterocycles. The van der Waals surface area contributed by atoms with Crippen LogP contribution in [0.2, 0.25) is 0 Å². The molecule has 4 nitrogen and oxygen atoms in total. The molecule has 0 radical (unpaired) electrons. The van der Waals surface area contributed by atoms with Crippen molar-refractivity contribution in [3.05, 3.63) is 35.1 Å². The van der Waals surface area contributed by atoms with E-state index in [-0.39, 0.29) is 24.6 Å². The molecule has 120 valence electrons. The number of hydrogen-bond acceptors (Lipinski definition) is 3. The van der Waals surface area contributed by atoms with Gasteiger partial charge in [-0.3, -0.25) is 4.79 Å². The summed E-state index contributed by atoms with van der Waals surface area (Å²) in [5.41, 5.74) is 4.05. The zero-order chi connectivity index (χ0) is 15.3. The second kappa shape index (κ2) is 8.16. The molecule has 0 spiro atoms. The van der Waals surface area contributed by atoms with E-state index >= 15 is 0 Å². The molecule has 0 aliphatic rings. The van der Waals surface area contributed by atoms with Gasteiger partial charge in [-0.25, -0.2) is 4.39 Å². The third-order valence-corrected chi connectivity index (χ3v) is 2.51. The maximum atomic E-state index is 12.9. The quantitative estimate of drug-likeness (QED) is 0.810. The Labute approximate surface area is 125 Å². The molecule has 3 N–H and O–H groups in total. The highest BCUT2D eigenvalue weighted by molar-refractivity contribution is 5.85. The van der Waals surface area contributed by atoms with Crippen molar-refractivity contribution in [3.63, 3.8) is 0 Å². The van der Waals surface area contributed by atoms with Crippen molar-refractivity contribution in [1.82, 2.24) is 5.32 Å². The summed E-state index contributed by atoms with van der Waals surface area (Å²) < 4.78 is 55.7. The van der Waals surface area contributed by atoms with Gasteiger partial charge in [0.05, 0.1) is 12.2 Å². The van der Waals surface area contributed by atoms with Gasteiger partial charge in [-0.1, -0.05) is 6.07 Å². The molecule has 1 aromatic carbocycles. The molecular weight excluding hydrogens is 316 g/mol. The van der Waals surface area contributed by atoms with Crippen LogP contribution >= 0.6 is 12.4 Å². The van der Waals surface area contributed by atoms with Crippen LogP contribution in [0.15, 0.2) is 18.2 Å². The van der Waals surface area contributed by atoms with E-state index in [0.717, 1.165) is 12.1 Å². The number of nitrogens with two attached hydrogens (primary N) is 1. The summed E-state index contributed by atoms with van der Waals surface area (Å²) in [6.07, 6.45) is -4.70. The van der Waals surface area contributed by atoms with Crippen LogP contribution in [0.1, 0.15) is 11.1 Å². The Morgan fingerprint density at radius 1 is 1.43 bits per heavy atom. The first-order chi connectivity index (χ1) is 9.25. The minimum Gasteiger partial charge on any atom is -0.383 e. The molecule has 0 aromatic heterocycles. The lowest BCUT2D eigenvalue weighted by molar-refractivity contribution is -0.138. The minimum absolute atomic E-state index is 0. The summed E-state index contributed by atoms with van der Waals surface area (Å²) in [7, 11) is 1.34. The predicted octanol–water partition coefficient (Wildman–Crippen LogP) is 1.86. The Balaban J connectivity index is 0.00000400. The Kier molecular flexibility index (Phi) is 7.62. The first kappa shape index (κ1) is 19.6. The van der Waals surface area contributed by atoms with E-state index < -0.39 is 36.1 Å². The van der Waals surface area contributed by atoms with Gasteiger partial charge < -0.3 is 15.8 Å². The molecule has 0 aliphatic carbocycles. The zero-order valence-corrected chi connectivity index (χ0v) is 11.9. The van der Waals surface area contributed by atoms with Crippen LogP contribution in [-0.4, -0.2) is 25.7 Å². The third-order valence-electron chi connectivity index (χ3n) is 2.51. The number of carbonyl (C=O) groups is 1. The van der Waals surface area contributed by atoms with Crippen molar-refractivity contribution in [2.45, 2.75) is 18.8 Å². The Hall–Kier alpha value is -1.38. The van der Waals surface area contributed by atoms with Gasteiger partial charge in [-0.15, -0.1) is 12.4 Å². The number of ether oxygens (including phenoxy) is 1. The molecule has 0 saturated carbocycles. The largest absolute Gasteiger partial charge is 0.416 e. The van der Waals surface area contributed by atoms with Crippen molar-refractivity contribution in [2.24, 2.45) is 5.73 Å². The van der Waals surface area contributed by atoms with Gasteiger partial charge in [0.2, 0.25) is 5.91 Å². The molecule has 1 atom stereocenters. The minimum atomic E-state index is -4.70. The fourth-order valence-corrected chi connectivity index (χ4v) is 1.54. The van der Waals surface area contributed by atoms with Gasteiger partial charge >= 0.3 is 6.18 Å². The zero-order valence-electron chi connectivity index (χ0n) is 11.0. The molecule has 1 amide bonds. The molecule has 1 aromatic rings. The molecule has 0 bridgehead atoms.